The van der Waals surface area contributed by atoms with Crippen LogP contribution in [0.1, 0.15) is 27.2 Å². The highest BCUT2D eigenvalue weighted by atomic mass is 19.3. The third-order valence-corrected chi connectivity index (χ3v) is 3.73. The minimum atomic E-state index is -3.24. The summed E-state index contributed by atoms with van der Waals surface area (Å²) in [7, 11) is 0. The predicted octanol–water partition coefficient (Wildman–Crippen LogP) is 4.29. The van der Waals surface area contributed by atoms with Gasteiger partial charge in [0.2, 0.25) is 0 Å². The number of nitrogens with one attached hydrogen (secondary N) is 1. The molecule has 0 aromatic carbocycles. The Morgan fingerprint density at radius 2 is 2.04 bits per heavy atom. The van der Waals surface area contributed by atoms with Gasteiger partial charge in [-0.15, -0.1) is 0 Å². The van der Waals surface area contributed by atoms with Gasteiger partial charge in [0.1, 0.15) is 6.10 Å². The van der Waals surface area contributed by atoms with Crippen LogP contribution in [0.3, 0.4) is 0 Å². The summed E-state index contributed by atoms with van der Waals surface area (Å²) < 4.78 is 27.9. The van der Waals surface area contributed by atoms with E-state index in [1.165, 1.54) is 6.08 Å². The molecule has 5 heteroatoms. The summed E-state index contributed by atoms with van der Waals surface area (Å²) in [4.78, 5) is 0. The molecule has 0 saturated heterocycles. The highest BCUT2D eigenvalue weighted by Gasteiger charge is 2.49. The molecule has 0 amide bonds. The average Bonchev–Trinajstić information content (AvgIpc) is 2.78. The lowest BCUT2D eigenvalue weighted by molar-refractivity contribution is -0.0776. The molecule has 0 radical (unpaired) electrons. The summed E-state index contributed by atoms with van der Waals surface area (Å²) in [6.07, 6.45) is 3.89. The highest BCUT2D eigenvalue weighted by Crippen LogP contribution is 2.44. The fraction of sp³-hybridized carbons (Fsp3) is 0.316. The van der Waals surface area contributed by atoms with Gasteiger partial charge in [0.15, 0.2) is 0 Å². The van der Waals surface area contributed by atoms with E-state index in [9.17, 15) is 13.9 Å². The van der Waals surface area contributed by atoms with Crippen molar-refractivity contribution < 1.29 is 13.9 Å². The molecule has 0 heterocycles. The Labute approximate surface area is 141 Å². The first kappa shape index (κ1) is 19.6. The highest BCUT2D eigenvalue weighted by molar-refractivity contribution is 5.51. The quantitative estimate of drug-likeness (QED) is 0.563. The third-order valence-electron chi connectivity index (χ3n) is 3.73. The Morgan fingerprint density at radius 1 is 1.42 bits per heavy atom. The number of aliphatic hydroxyl groups excluding tert-OH is 1. The van der Waals surface area contributed by atoms with Gasteiger partial charge >= 0.3 is 0 Å². The van der Waals surface area contributed by atoms with Crippen molar-refractivity contribution in [2.24, 2.45) is 0 Å². The zero-order valence-corrected chi connectivity index (χ0v) is 14.2. The fourth-order valence-corrected chi connectivity index (χ4v) is 2.51. The normalized spacial score (nSPS) is 21.5. The molecule has 1 aliphatic rings. The molecule has 0 aromatic heterocycles. The van der Waals surface area contributed by atoms with Gasteiger partial charge < -0.3 is 10.4 Å². The summed E-state index contributed by atoms with van der Waals surface area (Å²) in [5.41, 5.74) is 2.20. The summed E-state index contributed by atoms with van der Waals surface area (Å²) in [5.74, 6) is -3.24. The molecule has 0 aliphatic heterocycles. The molecule has 2 N–H and O–H groups in total. The number of aliphatic hydroxyl groups is 1. The van der Waals surface area contributed by atoms with Gasteiger partial charge in [0.05, 0.1) is 6.07 Å². The van der Waals surface area contributed by atoms with Crippen LogP contribution in [0.15, 0.2) is 71.1 Å². The Balaban J connectivity index is 3.29. The van der Waals surface area contributed by atoms with E-state index in [0.717, 1.165) is 0 Å². The Bertz CT molecular complexity index is 703. The predicted molar refractivity (Wildman–Crippen MR) is 92.0 cm³/mol. The molecule has 1 aliphatic carbocycles. The first-order valence-corrected chi connectivity index (χ1v) is 7.50. The zero-order valence-electron chi connectivity index (χ0n) is 14.2. The van der Waals surface area contributed by atoms with E-state index in [2.05, 4.69) is 18.5 Å². The maximum atomic E-state index is 14.0. The summed E-state index contributed by atoms with van der Waals surface area (Å²) in [6.45, 7) is 12.4. The van der Waals surface area contributed by atoms with Crippen molar-refractivity contribution in [2.45, 2.75) is 39.2 Å². The number of hydrogen-bond donors (Lipinski definition) is 2. The zero-order chi connectivity index (χ0) is 18.5. The van der Waals surface area contributed by atoms with Crippen LogP contribution in [-0.2, 0) is 0 Å². The molecule has 0 saturated carbocycles. The minimum absolute atomic E-state index is 0.149. The molecule has 1 rings (SSSR count). The van der Waals surface area contributed by atoms with Gasteiger partial charge in [-0.3, -0.25) is 0 Å². The lowest BCUT2D eigenvalue weighted by Crippen LogP contribution is -2.29. The topological polar surface area (TPSA) is 56.0 Å². The minimum Gasteiger partial charge on any atom is -0.382 e. The second-order valence-corrected chi connectivity index (χ2v) is 5.50. The average molecular weight is 332 g/mol. The van der Waals surface area contributed by atoms with Crippen molar-refractivity contribution in [1.82, 2.24) is 5.32 Å². The van der Waals surface area contributed by atoms with E-state index in [4.69, 9.17) is 5.26 Å². The number of hydrogen-bond acceptors (Lipinski definition) is 3. The van der Waals surface area contributed by atoms with Crippen LogP contribution in [0.25, 0.3) is 0 Å². The van der Waals surface area contributed by atoms with Crippen LogP contribution < -0.4 is 5.32 Å². The van der Waals surface area contributed by atoms with Crippen LogP contribution in [0, 0.1) is 11.3 Å². The van der Waals surface area contributed by atoms with E-state index < -0.39 is 18.4 Å². The molecule has 0 fully saturated rings. The van der Waals surface area contributed by atoms with E-state index in [0.29, 0.717) is 28.1 Å². The maximum Gasteiger partial charge on any atom is 0.281 e. The Hall–Kier alpha value is -2.45. The molecule has 1 unspecified atom stereocenters. The van der Waals surface area contributed by atoms with Crippen molar-refractivity contribution in [1.29, 1.82) is 5.26 Å². The van der Waals surface area contributed by atoms with Gasteiger partial charge in [-0.2, -0.15) is 5.26 Å². The van der Waals surface area contributed by atoms with Gasteiger partial charge in [-0.1, -0.05) is 30.9 Å². The van der Waals surface area contributed by atoms with Crippen LogP contribution in [-0.4, -0.2) is 17.1 Å². The third kappa shape index (κ3) is 4.09. The largest absolute Gasteiger partial charge is 0.382 e. The summed E-state index contributed by atoms with van der Waals surface area (Å²) in [6, 6.07) is 2.02. The van der Waals surface area contributed by atoms with Crippen LogP contribution in [0.2, 0.25) is 0 Å². The summed E-state index contributed by atoms with van der Waals surface area (Å²) in [5, 5.41) is 21.9. The first-order valence-electron chi connectivity index (χ1n) is 7.50. The molecular formula is C19H22F2N2O. The number of nitrogens with zero attached hydrogens (tertiary/aromatic N) is 1. The molecule has 0 spiro atoms. The van der Waals surface area contributed by atoms with Crippen molar-refractivity contribution >= 4 is 0 Å². The SMILES string of the molecule is C=C/C(=C\C(C#N)=C/C)N/C(=C/C)C1=C(C(=C)C)C(O)C(F)(F)C1. The van der Waals surface area contributed by atoms with Crippen molar-refractivity contribution in [2.75, 3.05) is 0 Å². The number of nitriles is 1. The van der Waals surface area contributed by atoms with E-state index in [-0.39, 0.29) is 5.57 Å². The molecule has 128 valence electrons. The molecule has 3 nitrogen and oxygen atoms in total. The van der Waals surface area contributed by atoms with Crippen molar-refractivity contribution in [3.05, 3.63) is 71.1 Å². The first-order chi connectivity index (χ1) is 11.2. The monoisotopic (exact) mass is 332 g/mol. The standard InChI is InChI=1S/C19H22F2N2O/c1-6-13(11-22)9-14(7-2)23-16(8-3)15-10-19(20,21)18(24)17(15)12(4)5/h6-9,18,23-24H,2,4,10H2,1,3,5H3/b13-6+,14-9+,16-8+. The van der Waals surface area contributed by atoms with Crippen LogP contribution >= 0.6 is 0 Å². The fourth-order valence-electron chi connectivity index (χ4n) is 2.51. The van der Waals surface area contributed by atoms with Crippen molar-refractivity contribution in [3.8, 4) is 6.07 Å². The van der Waals surface area contributed by atoms with E-state index in [1.54, 1.807) is 39.0 Å². The number of allylic oxidation sites excluding steroid dienone is 6. The molecule has 0 aromatic rings. The maximum absolute atomic E-state index is 14.0. The van der Waals surface area contributed by atoms with Crippen molar-refractivity contribution in [3.63, 3.8) is 0 Å². The van der Waals surface area contributed by atoms with Gasteiger partial charge in [-0.05, 0) is 44.1 Å². The number of alkyl halides is 2. The molecule has 24 heavy (non-hydrogen) atoms. The van der Waals surface area contributed by atoms with Gasteiger partial charge in [-0.25, -0.2) is 8.78 Å². The van der Waals surface area contributed by atoms with E-state index >= 15 is 0 Å². The lowest BCUT2D eigenvalue weighted by atomic mass is 10.0. The second-order valence-electron chi connectivity index (χ2n) is 5.50. The van der Waals surface area contributed by atoms with Crippen LogP contribution in [0.4, 0.5) is 8.78 Å². The smallest absolute Gasteiger partial charge is 0.281 e. The Morgan fingerprint density at radius 3 is 2.46 bits per heavy atom. The van der Waals surface area contributed by atoms with Crippen LogP contribution in [0.5, 0.6) is 0 Å². The Kier molecular flexibility index (Phi) is 6.44. The lowest BCUT2D eigenvalue weighted by Gasteiger charge is -2.16. The summed E-state index contributed by atoms with van der Waals surface area (Å²) >= 11 is 0. The van der Waals surface area contributed by atoms with Gasteiger partial charge in [0.25, 0.3) is 5.92 Å². The number of rotatable bonds is 6. The molecular weight excluding hydrogens is 310 g/mol. The molecule has 1 atom stereocenters. The molecule has 0 bridgehead atoms. The second kappa shape index (κ2) is 7.89. The van der Waals surface area contributed by atoms with E-state index in [1.807, 2.05) is 6.07 Å². The number of halogens is 2. The van der Waals surface area contributed by atoms with Gasteiger partial charge in [0, 0.05) is 23.4 Å².